The standard InChI is InChI=1S/C20H21ClF2N6O3S/c1-11(17(32-2)18-24-9-13(21)10-25-18)33(30,31)28-20-27-26-19(12-5-3-6-12)29(20)16-14(22)7-4-8-15(16)23/h4,7-12,17H,3,5-6H2,1-2H3,(H,27,28). The van der Waals surface area contributed by atoms with Crippen molar-refractivity contribution in [3.05, 3.63) is 58.9 Å². The second-order valence-electron chi connectivity index (χ2n) is 7.68. The summed E-state index contributed by atoms with van der Waals surface area (Å²) in [5, 5.41) is 7.05. The first-order chi connectivity index (χ1) is 15.7. The van der Waals surface area contributed by atoms with E-state index in [1.807, 2.05) is 0 Å². The molecule has 176 valence electrons. The molecular formula is C20H21ClF2N6O3S. The zero-order valence-electron chi connectivity index (χ0n) is 17.7. The summed E-state index contributed by atoms with van der Waals surface area (Å²) in [4.78, 5) is 8.07. The largest absolute Gasteiger partial charge is 0.372 e. The number of anilines is 1. The summed E-state index contributed by atoms with van der Waals surface area (Å²) < 4.78 is 64.5. The van der Waals surface area contributed by atoms with Crippen LogP contribution in [0.25, 0.3) is 5.69 Å². The first-order valence-corrected chi connectivity index (χ1v) is 12.1. The van der Waals surface area contributed by atoms with Gasteiger partial charge in [-0.1, -0.05) is 24.1 Å². The second-order valence-corrected chi connectivity index (χ2v) is 10.2. The minimum atomic E-state index is -4.20. The van der Waals surface area contributed by atoms with Crippen LogP contribution in [0.1, 0.15) is 49.9 Å². The fraction of sp³-hybridized carbons (Fsp3) is 0.400. The summed E-state index contributed by atoms with van der Waals surface area (Å²) in [6, 6.07) is 3.40. The molecule has 0 aliphatic heterocycles. The summed E-state index contributed by atoms with van der Waals surface area (Å²) in [7, 11) is -2.88. The quantitative estimate of drug-likeness (QED) is 0.503. The normalized spacial score (nSPS) is 16.3. The van der Waals surface area contributed by atoms with Crippen LogP contribution in [0.5, 0.6) is 0 Å². The van der Waals surface area contributed by atoms with Crippen LogP contribution in [-0.2, 0) is 14.8 Å². The molecule has 1 fully saturated rings. The van der Waals surface area contributed by atoms with E-state index < -0.39 is 38.7 Å². The molecule has 0 amide bonds. The van der Waals surface area contributed by atoms with E-state index in [0.717, 1.165) is 36.0 Å². The Labute approximate surface area is 194 Å². The van der Waals surface area contributed by atoms with Crippen molar-refractivity contribution in [1.29, 1.82) is 0 Å². The average Bonchev–Trinajstić information content (AvgIpc) is 3.10. The summed E-state index contributed by atoms with van der Waals surface area (Å²) in [5.41, 5.74) is -0.445. The monoisotopic (exact) mass is 498 g/mol. The molecule has 9 nitrogen and oxygen atoms in total. The molecule has 0 saturated heterocycles. The molecule has 0 radical (unpaired) electrons. The molecule has 2 aromatic heterocycles. The minimum absolute atomic E-state index is 0.0821. The van der Waals surface area contributed by atoms with Gasteiger partial charge in [0, 0.05) is 25.4 Å². The minimum Gasteiger partial charge on any atom is -0.372 e. The molecule has 2 heterocycles. The number of hydrogen-bond donors (Lipinski definition) is 1. The van der Waals surface area contributed by atoms with Gasteiger partial charge in [-0.3, -0.25) is 9.29 Å². The third-order valence-electron chi connectivity index (χ3n) is 5.62. The van der Waals surface area contributed by atoms with Gasteiger partial charge in [0.2, 0.25) is 16.0 Å². The highest BCUT2D eigenvalue weighted by Crippen LogP contribution is 2.38. The molecule has 1 saturated carbocycles. The Morgan fingerprint density at radius 3 is 2.36 bits per heavy atom. The Hall–Kier alpha value is -2.70. The number of nitrogens with zero attached hydrogens (tertiary/aromatic N) is 5. The number of methoxy groups -OCH3 is 1. The molecule has 1 N–H and O–H groups in total. The van der Waals surface area contributed by atoms with Gasteiger partial charge in [-0.15, -0.1) is 10.2 Å². The molecule has 1 aliphatic rings. The predicted molar refractivity (Wildman–Crippen MR) is 117 cm³/mol. The number of benzene rings is 1. The van der Waals surface area contributed by atoms with Gasteiger partial charge in [-0.05, 0) is 31.9 Å². The third kappa shape index (κ3) is 4.55. The van der Waals surface area contributed by atoms with Gasteiger partial charge in [-0.2, -0.15) is 0 Å². The Kier molecular flexibility index (Phi) is 6.59. The third-order valence-corrected chi connectivity index (χ3v) is 7.51. The van der Waals surface area contributed by atoms with Crippen molar-refractivity contribution in [3.63, 3.8) is 0 Å². The van der Waals surface area contributed by atoms with E-state index in [9.17, 15) is 17.2 Å². The molecule has 2 atom stereocenters. The highest BCUT2D eigenvalue weighted by molar-refractivity contribution is 7.93. The zero-order chi connectivity index (χ0) is 23.8. The van der Waals surface area contributed by atoms with E-state index in [2.05, 4.69) is 24.9 Å². The molecule has 4 rings (SSSR count). The van der Waals surface area contributed by atoms with E-state index in [0.29, 0.717) is 5.82 Å². The van der Waals surface area contributed by atoms with E-state index in [4.69, 9.17) is 16.3 Å². The zero-order valence-corrected chi connectivity index (χ0v) is 19.3. The molecule has 3 aromatic rings. The SMILES string of the molecule is COC(c1ncc(Cl)cn1)C(C)S(=O)(=O)Nc1nnc(C2CCC2)n1-c1c(F)cccc1F. The predicted octanol–water partition coefficient (Wildman–Crippen LogP) is 3.77. The van der Waals surface area contributed by atoms with Crippen molar-refractivity contribution in [2.75, 3.05) is 11.8 Å². The number of rotatable bonds is 8. The topological polar surface area (TPSA) is 112 Å². The van der Waals surface area contributed by atoms with E-state index in [-0.39, 0.29) is 22.7 Å². The van der Waals surface area contributed by atoms with E-state index in [1.165, 1.54) is 32.5 Å². The number of hydrogen-bond acceptors (Lipinski definition) is 7. The highest BCUT2D eigenvalue weighted by Gasteiger charge is 2.36. The first-order valence-electron chi connectivity index (χ1n) is 10.1. The van der Waals surface area contributed by atoms with Crippen molar-refractivity contribution >= 4 is 27.6 Å². The lowest BCUT2D eigenvalue weighted by atomic mass is 9.85. The van der Waals surface area contributed by atoms with Crippen LogP contribution in [0.2, 0.25) is 5.02 Å². The number of sulfonamides is 1. The lowest BCUT2D eigenvalue weighted by Crippen LogP contribution is -2.33. The maximum Gasteiger partial charge on any atom is 0.243 e. The van der Waals surface area contributed by atoms with Gasteiger partial charge >= 0.3 is 0 Å². The Bertz CT molecular complexity index is 1230. The van der Waals surface area contributed by atoms with Crippen molar-refractivity contribution in [3.8, 4) is 5.69 Å². The van der Waals surface area contributed by atoms with Gasteiger partial charge in [0.15, 0.2) is 5.82 Å². The lowest BCUT2D eigenvalue weighted by Gasteiger charge is -2.26. The van der Waals surface area contributed by atoms with Gasteiger partial charge in [0.25, 0.3) is 0 Å². The number of halogens is 3. The molecular weight excluding hydrogens is 478 g/mol. The van der Waals surface area contributed by atoms with Gasteiger partial charge in [0.05, 0.1) is 5.02 Å². The molecule has 1 aromatic carbocycles. The van der Waals surface area contributed by atoms with E-state index >= 15 is 0 Å². The Balaban J connectivity index is 1.72. The maximum absolute atomic E-state index is 14.6. The fourth-order valence-corrected chi connectivity index (χ4v) is 4.80. The maximum atomic E-state index is 14.6. The molecule has 1 aliphatic carbocycles. The van der Waals surface area contributed by atoms with Gasteiger partial charge in [0.1, 0.15) is 34.5 Å². The number of para-hydroxylation sites is 1. The Morgan fingerprint density at radius 2 is 1.82 bits per heavy atom. The highest BCUT2D eigenvalue weighted by atomic mass is 35.5. The van der Waals surface area contributed by atoms with Crippen molar-refractivity contribution in [2.45, 2.75) is 43.5 Å². The number of ether oxygens (including phenoxy) is 1. The van der Waals surface area contributed by atoms with Crippen LogP contribution in [-0.4, -0.2) is 45.5 Å². The van der Waals surface area contributed by atoms with Crippen molar-refractivity contribution in [2.24, 2.45) is 0 Å². The Morgan fingerprint density at radius 1 is 1.18 bits per heavy atom. The summed E-state index contributed by atoms with van der Waals surface area (Å²) in [6.07, 6.45) is 4.06. The summed E-state index contributed by atoms with van der Waals surface area (Å²) in [5.74, 6) is -1.74. The number of nitrogens with one attached hydrogen (secondary N) is 1. The molecule has 13 heteroatoms. The van der Waals surface area contributed by atoms with Crippen LogP contribution in [0.4, 0.5) is 14.7 Å². The number of aromatic nitrogens is 5. The molecule has 2 unspecified atom stereocenters. The first kappa shape index (κ1) is 23.5. The van der Waals surface area contributed by atoms with Crippen LogP contribution >= 0.6 is 11.6 Å². The van der Waals surface area contributed by atoms with Crippen LogP contribution in [0, 0.1) is 11.6 Å². The second kappa shape index (κ2) is 9.27. The van der Waals surface area contributed by atoms with Gasteiger partial charge < -0.3 is 4.74 Å². The van der Waals surface area contributed by atoms with Crippen molar-refractivity contribution in [1.82, 2.24) is 24.7 Å². The average molecular weight is 499 g/mol. The van der Waals surface area contributed by atoms with E-state index in [1.54, 1.807) is 0 Å². The fourth-order valence-electron chi connectivity index (χ4n) is 3.58. The smallest absolute Gasteiger partial charge is 0.243 e. The molecule has 0 spiro atoms. The molecule has 0 bridgehead atoms. The lowest BCUT2D eigenvalue weighted by molar-refractivity contribution is 0.0950. The molecule has 33 heavy (non-hydrogen) atoms. The van der Waals surface area contributed by atoms with Crippen molar-refractivity contribution < 1.29 is 21.9 Å². The van der Waals surface area contributed by atoms with Crippen LogP contribution in [0.3, 0.4) is 0 Å². The van der Waals surface area contributed by atoms with Crippen LogP contribution in [0.15, 0.2) is 30.6 Å². The van der Waals surface area contributed by atoms with Gasteiger partial charge in [-0.25, -0.2) is 27.2 Å². The summed E-state index contributed by atoms with van der Waals surface area (Å²) in [6.45, 7) is 1.39. The van der Waals surface area contributed by atoms with Crippen LogP contribution < -0.4 is 4.72 Å². The summed E-state index contributed by atoms with van der Waals surface area (Å²) >= 11 is 5.81.